The van der Waals surface area contributed by atoms with Crippen LogP contribution in [0.25, 0.3) is 0 Å². The first kappa shape index (κ1) is 16.1. The van der Waals surface area contributed by atoms with E-state index in [1.807, 2.05) is 12.1 Å². The van der Waals surface area contributed by atoms with Crippen LogP contribution in [0.2, 0.25) is 10.0 Å². The van der Waals surface area contributed by atoms with Crippen molar-refractivity contribution >= 4 is 23.2 Å². The number of nitrogens with one attached hydrogen (secondary N) is 1. The molecular weight excluding hydrogens is 289 g/mol. The molecule has 3 heteroatoms. The van der Waals surface area contributed by atoms with Gasteiger partial charge in [0.2, 0.25) is 0 Å². The van der Waals surface area contributed by atoms with E-state index in [2.05, 4.69) is 25.2 Å². The average molecular weight is 314 g/mol. The third-order valence-corrected chi connectivity index (χ3v) is 5.01. The van der Waals surface area contributed by atoms with E-state index >= 15 is 0 Å². The summed E-state index contributed by atoms with van der Waals surface area (Å²) in [6, 6.07) is 6.28. The van der Waals surface area contributed by atoms with E-state index in [0.717, 1.165) is 23.9 Å². The predicted molar refractivity (Wildman–Crippen MR) is 88.6 cm³/mol. The number of hydrogen-bond donors (Lipinski definition) is 1. The maximum Gasteiger partial charge on any atom is 0.0468 e. The summed E-state index contributed by atoms with van der Waals surface area (Å²) in [7, 11) is 0. The zero-order valence-electron chi connectivity index (χ0n) is 12.5. The van der Waals surface area contributed by atoms with Gasteiger partial charge >= 0.3 is 0 Å². The zero-order chi connectivity index (χ0) is 14.5. The molecule has 0 aromatic heterocycles. The summed E-state index contributed by atoms with van der Waals surface area (Å²) >= 11 is 12.5. The minimum absolute atomic E-state index is 0.368. The van der Waals surface area contributed by atoms with Crippen molar-refractivity contribution in [1.29, 1.82) is 0 Å². The van der Waals surface area contributed by atoms with Gasteiger partial charge in [0.05, 0.1) is 0 Å². The van der Waals surface area contributed by atoms with Crippen LogP contribution in [0.15, 0.2) is 18.2 Å². The number of halogens is 2. The SMILES string of the molecule is CCCNC(c1ccc(Cl)cc1Cl)C1CCC(C)CC1. The van der Waals surface area contributed by atoms with Gasteiger partial charge in [0.15, 0.2) is 0 Å². The Morgan fingerprint density at radius 1 is 1.20 bits per heavy atom. The fraction of sp³-hybridized carbons (Fsp3) is 0.647. The standard InChI is InChI=1S/C17H25Cl2N/c1-3-10-20-17(13-6-4-12(2)5-7-13)15-9-8-14(18)11-16(15)19/h8-9,11-13,17,20H,3-7,10H2,1-2H3. The van der Waals surface area contributed by atoms with Crippen LogP contribution in [0.3, 0.4) is 0 Å². The van der Waals surface area contributed by atoms with Gasteiger partial charge in [-0.1, -0.05) is 56.0 Å². The summed E-state index contributed by atoms with van der Waals surface area (Å²) in [6.45, 7) is 5.60. The Bertz CT molecular complexity index is 425. The number of hydrogen-bond acceptors (Lipinski definition) is 1. The lowest BCUT2D eigenvalue weighted by atomic mass is 9.77. The van der Waals surface area contributed by atoms with Crippen molar-refractivity contribution in [2.24, 2.45) is 11.8 Å². The fourth-order valence-corrected chi connectivity index (χ4v) is 3.73. The van der Waals surface area contributed by atoms with Crippen LogP contribution in [0.5, 0.6) is 0 Å². The lowest BCUT2D eigenvalue weighted by molar-refractivity contribution is 0.231. The van der Waals surface area contributed by atoms with Crippen molar-refractivity contribution in [1.82, 2.24) is 5.32 Å². The molecule has 0 amide bonds. The molecule has 0 radical (unpaired) electrons. The first-order valence-electron chi connectivity index (χ1n) is 7.80. The van der Waals surface area contributed by atoms with Gasteiger partial charge in [-0.25, -0.2) is 0 Å². The maximum absolute atomic E-state index is 6.43. The molecule has 2 rings (SSSR count). The van der Waals surface area contributed by atoms with E-state index in [-0.39, 0.29) is 0 Å². The second-order valence-corrected chi connectivity index (χ2v) is 6.96. The Morgan fingerprint density at radius 3 is 2.50 bits per heavy atom. The Balaban J connectivity index is 2.17. The van der Waals surface area contributed by atoms with Gasteiger partial charge in [-0.05, 0) is 55.3 Å². The Kier molecular flexibility index (Phi) is 6.20. The molecule has 0 spiro atoms. The van der Waals surface area contributed by atoms with Crippen molar-refractivity contribution < 1.29 is 0 Å². The predicted octanol–water partition coefficient (Wildman–Crippen LogP) is 5.86. The van der Waals surface area contributed by atoms with Crippen LogP contribution >= 0.6 is 23.2 Å². The van der Waals surface area contributed by atoms with Crippen LogP contribution < -0.4 is 5.32 Å². The minimum atomic E-state index is 0.368. The third kappa shape index (κ3) is 4.13. The molecule has 0 heterocycles. The molecule has 1 N–H and O–H groups in total. The van der Waals surface area contributed by atoms with E-state index in [0.29, 0.717) is 17.0 Å². The molecular formula is C17H25Cl2N. The molecule has 1 saturated carbocycles. The van der Waals surface area contributed by atoms with E-state index < -0.39 is 0 Å². The summed E-state index contributed by atoms with van der Waals surface area (Å²) in [5.74, 6) is 1.56. The first-order chi connectivity index (χ1) is 9.61. The van der Waals surface area contributed by atoms with Gasteiger partial charge in [0, 0.05) is 16.1 Å². The van der Waals surface area contributed by atoms with Crippen molar-refractivity contribution in [3.05, 3.63) is 33.8 Å². The highest BCUT2D eigenvalue weighted by molar-refractivity contribution is 6.35. The fourth-order valence-electron chi connectivity index (χ4n) is 3.20. The monoisotopic (exact) mass is 313 g/mol. The van der Waals surface area contributed by atoms with Crippen LogP contribution in [0, 0.1) is 11.8 Å². The van der Waals surface area contributed by atoms with Crippen molar-refractivity contribution in [3.63, 3.8) is 0 Å². The van der Waals surface area contributed by atoms with Gasteiger partial charge in [0.1, 0.15) is 0 Å². The topological polar surface area (TPSA) is 12.0 Å². The molecule has 1 aromatic carbocycles. The lowest BCUT2D eigenvalue weighted by Gasteiger charge is -2.34. The molecule has 20 heavy (non-hydrogen) atoms. The number of rotatable bonds is 5. The van der Waals surface area contributed by atoms with Crippen molar-refractivity contribution in [2.45, 2.75) is 52.0 Å². The zero-order valence-corrected chi connectivity index (χ0v) is 14.0. The summed E-state index contributed by atoms with van der Waals surface area (Å²) in [4.78, 5) is 0. The van der Waals surface area contributed by atoms with Crippen molar-refractivity contribution in [3.8, 4) is 0 Å². The largest absolute Gasteiger partial charge is 0.310 e. The van der Waals surface area contributed by atoms with Gasteiger partial charge in [-0.3, -0.25) is 0 Å². The normalized spacial score (nSPS) is 24.6. The second-order valence-electron chi connectivity index (χ2n) is 6.12. The van der Waals surface area contributed by atoms with Gasteiger partial charge < -0.3 is 5.32 Å². The quantitative estimate of drug-likeness (QED) is 0.717. The summed E-state index contributed by atoms with van der Waals surface area (Å²) < 4.78 is 0. The Hall–Kier alpha value is -0.240. The second kappa shape index (κ2) is 7.68. The summed E-state index contributed by atoms with van der Waals surface area (Å²) in [5.41, 5.74) is 1.21. The van der Waals surface area contributed by atoms with Crippen molar-refractivity contribution in [2.75, 3.05) is 6.54 Å². The number of benzene rings is 1. The molecule has 1 fully saturated rings. The Morgan fingerprint density at radius 2 is 1.90 bits per heavy atom. The van der Waals surface area contributed by atoms with Crippen LogP contribution in [-0.4, -0.2) is 6.54 Å². The van der Waals surface area contributed by atoms with Crippen LogP contribution in [-0.2, 0) is 0 Å². The average Bonchev–Trinajstić information content (AvgIpc) is 2.42. The highest BCUT2D eigenvalue weighted by Crippen LogP contribution is 2.39. The highest BCUT2D eigenvalue weighted by atomic mass is 35.5. The maximum atomic E-state index is 6.43. The lowest BCUT2D eigenvalue weighted by Crippen LogP contribution is -2.31. The Labute approximate surface area is 133 Å². The molecule has 1 unspecified atom stereocenters. The summed E-state index contributed by atoms with van der Waals surface area (Å²) in [6.07, 6.45) is 6.40. The van der Waals surface area contributed by atoms with E-state index in [1.165, 1.54) is 31.2 Å². The molecule has 1 aromatic rings. The molecule has 0 aliphatic heterocycles. The molecule has 112 valence electrons. The molecule has 0 saturated heterocycles. The first-order valence-corrected chi connectivity index (χ1v) is 8.55. The molecule has 1 nitrogen and oxygen atoms in total. The molecule has 0 bridgehead atoms. The molecule has 1 aliphatic carbocycles. The van der Waals surface area contributed by atoms with Crippen LogP contribution in [0.4, 0.5) is 0 Å². The van der Waals surface area contributed by atoms with Gasteiger partial charge in [-0.2, -0.15) is 0 Å². The molecule has 1 aliphatic rings. The summed E-state index contributed by atoms with van der Waals surface area (Å²) in [5, 5.41) is 5.21. The van der Waals surface area contributed by atoms with Gasteiger partial charge in [-0.15, -0.1) is 0 Å². The highest BCUT2D eigenvalue weighted by Gasteiger charge is 2.28. The van der Waals surface area contributed by atoms with E-state index in [4.69, 9.17) is 23.2 Å². The van der Waals surface area contributed by atoms with E-state index in [9.17, 15) is 0 Å². The third-order valence-electron chi connectivity index (χ3n) is 4.44. The minimum Gasteiger partial charge on any atom is -0.310 e. The van der Waals surface area contributed by atoms with E-state index in [1.54, 1.807) is 0 Å². The van der Waals surface area contributed by atoms with Gasteiger partial charge in [0.25, 0.3) is 0 Å². The molecule has 1 atom stereocenters. The smallest absolute Gasteiger partial charge is 0.0468 e. The van der Waals surface area contributed by atoms with Crippen LogP contribution in [0.1, 0.15) is 57.6 Å².